The number of aliphatic carboxylic acids is 1. The Kier molecular flexibility index (Phi) is 8.35. The minimum atomic E-state index is -0.974. The molecule has 41 heavy (non-hydrogen) atoms. The maximum atomic E-state index is 15.6. The van der Waals surface area contributed by atoms with Gasteiger partial charge in [0.2, 0.25) is 0 Å². The third kappa shape index (κ3) is 6.39. The molecule has 2 saturated carbocycles. The molecule has 3 aromatic rings. The zero-order chi connectivity index (χ0) is 29.3. The molecule has 2 fully saturated rings. The Morgan fingerprint density at radius 2 is 1.80 bits per heavy atom. The summed E-state index contributed by atoms with van der Waals surface area (Å²) < 4.78 is 57.5. The Morgan fingerprint density at radius 1 is 1.02 bits per heavy atom. The van der Waals surface area contributed by atoms with Gasteiger partial charge in [0, 0.05) is 11.1 Å². The predicted octanol–water partition coefficient (Wildman–Crippen LogP) is 9.01. The van der Waals surface area contributed by atoms with Crippen molar-refractivity contribution in [3.63, 3.8) is 0 Å². The Labute approximate surface area is 239 Å². The molecule has 7 heteroatoms. The molecule has 0 aliphatic heterocycles. The summed E-state index contributed by atoms with van der Waals surface area (Å²) in [6, 6.07) is 12.3. The third-order valence-corrected chi connectivity index (χ3v) is 8.87. The van der Waals surface area contributed by atoms with Gasteiger partial charge in [0.05, 0.1) is 13.5 Å². The topological polar surface area (TPSA) is 55.8 Å². The van der Waals surface area contributed by atoms with E-state index in [1.807, 2.05) is 0 Å². The van der Waals surface area contributed by atoms with Crippen LogP contribution in [0.25, 0.3) is 11.1 Å². The van der Waals surface area contributed by atoms with Crippen LogP contribution in [-0.4, -0.2) is 18.2 Å². The molecule has 2 aliphatic rings. The van der Waals surface area contributed by atoms with Crippen molar-refractivity contribution >= 4 is 5.97 Å². The van der Waals surface area contributed by atoms with Crippen LogP contribution >= 0.6 is 0 Å². The summed E-state index contributed by atoms with van der Waals surface area (Å²) in [6.45, 7) is 4.12. The molecular weight excluding hydrogens is 529 g/mol. The van der Waals surface area contributed by atoms with Crippen LogP contribution < -0.4 is 9.47 Å². The smallest absolute Gasteiger partial charge is 0.303 e. The highest BCUT2D eigenvalue weighted by molar-refractivity contribution is 5.71. The first-order valence-electron chi connectivity index (χ1n) is 14.4. The molecule has 0 heterocycles. The van der Waals surface area contributed by atoms with Crippen molar-refractivity contribution in [3.05, 3.63) is 82.7 Å². The van der Waals surface area contributed by atoms with E-state index in [1.54, 1.807) is 24.3 Å². The monoisotopic (exact) mass is 566 g/mol. The minimum Gasteiger partial charge on any atom is -0.497 e. The van der Waals surface area contributed by atoms with E-state index in [4.69, 9.17) is 9.47 Å². The van der Waals surface area contributed by atoms with Crippen LogP contribution in [0.5, 0.6) is 11.5 Å². The SMILES string of the molecule is COc1ccc(F)c(-c2cc(F)c(COc3cccc([C@@H](CC(=O)O)CC4CC4)c3F)cc2[C@H]2CCCC2(C)C)c1. The van der Waals surface area contributed by atoms with E-state index in [1.165, 1.54) is 31.4 Å². The van der Waals surface area contributed by atoms with Crippen LogP contribution in [0.15, 0.2) is 48.5 Å². The predicted molar refractivity (Wildman–Crippen MR) is 152 cm³/mol. The summed E-state index contributed by atoms with van der Waals surface area (Å²) in [5.41, 5.74) is 2.08. The van der Waals surface area contributed by atoms with Gasteiger partial charge >= 0.3 is 5.97 Å². The number of rotatable bonds is 11. The average Bonchev–Trinajstić information content (AvgIpc) is 3.68. The summed E-state index contributed by atoms with van der Waals surface area (Å²) in [6.07, 6.45) is 5.42. The van der Waals surface area contributed by atoms with Gasteiger partial charge in [-0.2, -0.15) is 0 Å². The maximum absolute atomic E-state index is 15.6. The van der Waals surface area contributed by atoms with Crippen molar-refractivity contribution in [2.75, 3.05) is 7.11 Å². The second-order valence-corrected chi connectivity index (χ2v) is 12.2. The molecule has 0 aromatic heterocycles. The van der Waals surface area contributed by atoms with E-state index >= 15 is 13.2 Å². The first-order chi connectivity index (χ1) is 19.6. The van der Waals surface area contributed by atoms with Crippen LogP contribution in [0, 0.1) is 28.8 Å². The fourth-order valence-corrected chi connectivity index (χ4v) is 6.41. The largest absolute Gasteiger partial charge is 0.497 e. The van der Waals surface area contributed by atoms with Gasteiger partial charge in [-0.1, -0.05) is 45.2 Å². The van der Waals surface area contributed by atoms with Crippen LogP contribution in [-0.2, 0) is 11.4 Å². The lowest BCUT2D eigenvalue weighted by Gasteiger charge is -2.30. The molecule has 0 amide bonds. The van der Waals surface area contributed by atoms with Crippen LogP contribution in [0.3, 0.4) is 0 Å². The number of carbonyl (C=O) groups is 1. The van der Waals surface area contributed by atoms with E-state index in [-0.39, 0.29) is 41.2 Å². The number of halogens is 3. The average molecular weight is 567 g/mol. The normalized spacial score (nSPS) is 18.7. The first kappa shape index (κ1) is 29.0. The molecule has 0 bridgehead atoms. The molecule has 0 spiro atoms. The summed E-state index contributed by atoms with van der Waals surface area (Å²) in [4.78, 5) is 11.5. The molecule has 0 saturated heterocycles. The second-order valence-electron chi connectivity index (χ2n) is 12.2. The zero-order valence-electron chi connectivity index (χ0n) is 23.8. The van der Waals surface area contributed by atoms with Gasteiger partial charge in [-0.15, -0.1) is 0 Å². The van der Waals surface area contributed by atoms with Gasteiger partial charge in [-0.3, -0.25) is 4.79 Å². The molecule has 3 aromatic carbocycles. The number of hydrogen-bond donors (Lipinski definition) is 1. The number of benzene rings is 3. The summed E-state index contributed by atoms with van der Waals surface area (Å²) in [5.74, 6) is -2.14. The van der Waals surface area contributed by atoms with Gasteiger partial charge in [-0.25, -0.2) is 13.2 Å². The van der Waals surface area contributed by atoms with E-state index in [9.17, 15) is 9.90 Å². The third-order valence-electron chi connectivity index (χ3n) is 8.87. The Morgan fingerprint density at radius 3 is 2.46 bits per heavy atom. The van der Waals surface area contributed by atoms with E-state index < -0.39 is 29.3 Å². The number of methoxy groups -OCH3 is 1. The number of carboxylic acid groups (broad SMARTS) is 1. The summed E-state index contributed by atoms with van der Waals surface area (Å²) in [5, 5.41) is 9.40. The van der Waals surface area contributed by atoms with E-state index in [0.29, 0.717) is 29.2 Å². The van der Waals surface area contributed by atoms with Crippen LogP contribution in [0.4, 0.5) is 13.2 Å². The number of ether oxygens (including phenoxy) is 2. The Balaban J connectivity index is 1.48. The van der Waals surface area contributed by atoms with Crippen LogP contribution in [0.2, 0.25) is 0 Å². The quantitative estimate of drug-likeness (QED) is 0.252. The highest BCUT2D eigenvalue weighted by Gasteiger charge is 2.37. The van der Waals surface area contributed by atoms with E-state index in [2.05, 4.69) is 13.8 Å². The van der Waals surface area contributed by atoms with Crippen molar-refractivity contribution in [3.8, 4) is 22.6 Å². The summed E-state index contributed by atoms with van der Waals surface area (Å²) in [7, 11) is 1.50. The standard InChI is InChI=1S/C34H37F3O4/c1-34(2)13-5-7-28(34)26-15-22(30(36)18-25(26)27-17-23(40-3)11-12-29(27)35)19-41-31-8-4-6-24(33(31)37)21(16-32(38)39)14-20-9-10-20/h4,6,8,11-12,15,17-18,20-21,28H,5,7,9-10,13-14,16,19H2,1-3H3,(H,38,39)/t21-,28-/m1/s1. The lowest BCUT2D eigenvalue weighted by molar-refractivity contribution is -0.137. The first-order valence-corrected chi connectivity index (χ1v) is 14.4. The highest BCUT2D eigenvalue weighted by atomic mass is 19.1. The zero-order valence-corrected chi connectivity index (χ0v) is 23.8. The van der Waals surface area contributed by atoms with Crippen molar-refractivity contribution in [1.29, 1.82) is 0 Å². The Hall–Kier alpha value is -3.48. The molecule has 218 valence electrons. The highest BCUT2D eigenvalue weighted by Crippen LogP contribution is 2.52. The van der Waals surface area contributed by atoms with Crippen molar-refractivity contribution < 1.29 is 32.5 Å². The minimum absolute atomic E-state index is 0.0428. The van der Waals surface area contributed by atoms with Crippen LogP contribution in [0.1, 0.15) is 87.3 Å². The molecule has 0 unspecified atom stereocenters. The van der Waals surface area contributed by atoms with Crippen molar-refractivity contribution in [2.45, 2.75) is 77.2 Å². The fourth-order valence-electron chi connectivity index (χ4n) is 6.41. The Bertz CT molecular complexity index is 1430. The molecule has 5 rings (SSSR count). The molecule has 0 radical (unpaired) electrons. The molecule has 4 nitrogen and oxygen atoms in total. The lowest BCUT2D eigenvalue weighted by atomic mass is 9.75. The molecule has 2 atom stereocenters. The molecule has 2 aliphatic carbocycles. The lowest BCUT2D eigenvalue weighted by Crippen LogP contribution is -2.17. The van der Waals surface area contributed by atoms with Crippen molar-refractivity contribution in [1.82, 2.24) is 0 Å². The molecule has 1 N–H and O–H groups in total. The van der Waals surface area contributed by atoms with E-state index in [0.717, 1.165) is 37.7 Å². The van der Waals surface area contributed by atoms with Crippen molar-refractivity contribution in [2.24, 2.45) is 11.3 Å². The number of hydrogen-bond acceptors (Lipinski definition) is 3. The molecular formula is C34H37F3O4. The van der Waals surface area contributed by atoms with Gasteiger partial charge in [0.25, 0.3) is 0 Å². The second kappa shape index (κ2) is 11.8. The summed E-state index contributed by atoms with van der Waals surface area (Å²) >= 11 is 0. The number of carboxylic acids is 1. The maximum Gasteiger partial charge on any atom is 0.303 e. The van der Waals surface area contributed by atoms with Gasteiger partial charge in [0.15, 0.2) is 11.6 Å². The van der Waals surface area contributed by atoms with Gasteiger partial charge < -0.3 is 14.6 Å². The van der Waals surface area contributed by atoms with Gasteiger partial charge in [0.1, 0.15) is 24.0 Å². The van der Waals surface area contributed by atoms with Gasteiger partial charge in [-0.05, 0) is 95.5 Å². The fraction of sp³-hybridized carbons (Fsp3) is 0.441.